The second-order valence-electron chi connectivity index (χ2n) is 6.18. The molecule has 0 unspecified atom stereocenters. The predicted molar refractivity (Wildman–Crippen MR) is 103 cm³/mol. The van der Waals surface area contributed by atoms with Gasteiger partial charge in [-0.25, -0.2) is 4.39 Å². The van der Waals surface area contributed by atoms with E-state index in [0.29, 0.717) is 6.54 Å². The molecule has 1 heterocycles. The molecule has 0 amide bonds. The lowest BCUT2D eigenvalue weighted by atomic mass is 10.2. The van der Waals surface area contributed by atoms with Crippen LogP contribution in [0.4, 0.5) is 10.1 Å². The van der Waals surface area contributed by atoms with Gasteiger partial charge in [-0.15, -0.1) is 0 Å². The number of rotatable bonds is 4. The van der Waals surface area contributed by atoms with Gasteiger partial charge in [0.05, 0.1) is 12.8 Å². The van der Waals surface area contributed by atoms with E-state index in [2.05, 4.69) is 26.2 Å². The zero-order valence-electron chi connectivity index (χ0n) is 15.3. The van der Waals surface area contributed by atoms with Crippen LogP contribution in [0.25, 0.3) is 0 Å². The van der Waals surface area contributed by atoms with Crippen LogP contribution in [0.3, 0.4) is 0 Å². The van der Waals surface area contributed by atoms with E-state index < -0.39 is 0 Å². The van der Waals surface area contributed by atoms with E-state index in [1.165, 1.54) is 6.07 Å². The van der Waals surface area contributed by atoms with Crippen molar-refractivity contribution in [3.05, 3.63) is 59.9 Å². The molecule has 0 saturated carbocycles. The van der Waals surface area contributed by atoms with Crippen molar-refractivity contribution in [2.24, 2.45) is 4.99 Å². The molecule has 0 radical (unpaired) electrons. The number of piperazine rings is 1. The van der Waals surface area contributed by atoms with Gasteiger partial charge in [0.1, 0.15) is 11.6 Å². The van der Waals surface area contributed by atoms with Crippen LogP contribution in [0.1, 0.15) is 5.56 Å². The zero-order valence-corrected chi connectivity index (χ0v) is 15.3. The summed E-state index contributed by atoms with van der Waals surface area (Å²) < 4.78 is 18.8. The van der Waals surface area contributed by atoms with Crippen molar-refractivity contribution in [2.75, 3.05) is 45.2 Å². The van der Waals surface area contributed by atoms with Crippen LogP contribution in [0.5, 0.6) is 5.75 Å². The van der Waals surface area contributed by atoms with E-state index in [4.69, 9.17) is 4.74 Å². The first-order valence-corrected chi connectivity index (χ1v) is 8.79. The molecule has 1 N–H and O–H groups in total. The average Bonchev–Trinajstić information content (AvgIpc) is 2.69. The molecule has 1 aliphatic rings. The van der Waals surface area contributed by atoms with E-state index >= 15 is 0 Å². The third-order valence-electron chi connectivity index (χ3n) is 4.56. The number of anilines is 1. The minimum atomic E-state index is -0.218. The van der Waals surface area contributed by atoms with Gasteiger partial charge in [0.15, 0.2) is 5.96 Å². The molecule has 0 atom stereocenters. The quantitative estimate of drug-likeness (QED) is 0.676. The van der Waals surface area contributed by atoms with Gasteiger partial charge in [0.25, 0.3) is 0 Å². The molecule has 1 saturated heterocycles. The highest BCUT2D eigenvalue weighted by Gasteiger charge is 2.21. The van der Waals surface area contributed by atoms with Gasteiger partial charge in [-0.2, -0.15) is 0 Å². The molecule has 3 rings (SSSR count). The molecule has 138 valence electrons. The Morgan fingerprint density at radius 1 is 1.12 bits per heavy atom. The van der Waals surface area contributed by atoms with Gasteiger partial charge in [-0.05, 0) is 29.8 Å². The maximum absolute atomic E-state index is 13.3. The molecule has 0 bridgehead atoms. The smallest absolute Gasteiger partial charge is 0.194 e. The second kappa shape index (κ2) is 8.56. The molecular weight excluding hydrogens is 331 g/mol. The molecular formula is C20H25FN4O. The fraction of sp³-hybridized carbons (Fsp3) is 0.350. The van der Waals surface area contributed by atoms with Crippen molar-refractivity contribution in [2.45, 2.75) is 6.54 Å². The number of guanidine groups is 1. The highest BCUT2D eigenvalue weighted by molar-refractivity contribution is 5.80. The number of nitrogens with zero attached hydrogens (tertiary/aromatic N) is 3. The summed E-state index contributed by atoms with van der Waals surface area (Å²) in [5.74, 6) is 1.52. The fourth-order valence-corrected chi connectivity index (χ4v) is 3.21. The average molecular weight is 356 g/mol. The van der Waals surface area contributed by atoms with Crippen LogP contribution in [0.2, 0.25) is 0 Å². The van der Waals surface area contributed by atoms with Crippen LogP contribution in [0, 0.1) is 5.82 Å². The van der Waals surface area contributed by atoms with Gasteiger partial charge in [0, 0.05) is 39.8 Å². The van der Waals surface area contributed by atoms with Crippen LogP contribution < -0.4 is 15.0 Å². The summed E-state index contributed by atoms with van der Waals surface area (Å²) in [5.41, 5.74) is 2.02. The van der Waals surface area contributed by atoms with Crippen molar-refractivity contribution >= 4 is 11.6 Å². The molecule has 0 spiro atoms. The Labute approximate surface area is 154 Å². The number of hydrogen-bond donors (Lipinski definition) is 1. The minimum absolute atomic E-state index is 0.218. The topological polar surface area (TPSA) is 40.1 Å². The number of methoxy groups -OCH3 is 1. The van der Waals surface area contributed by atoms with Crippen LogP contribution in [-0.4, -0.2) is 51.2 Å². The van der Waals surface area contributed by atoms with Gasteiger partial charge in [-0.1, -0.05) is 24.3 Å². The highest BCUT2D eigenvalue weighted by atomic mass is 19.1. The fourth-order valence-electron chi connectivity index (χ4n) is 3.21. The van der Waals surface area contributed by atoms with Crippen molar-refractivity contribution in [3.8, 4) is 5.75 Å². The number of hydrogen-bond acceptors (Lipinski definition) is 3. The summed E-state index contributed by atoms with van der Waals surface area (Å²) >= 11 is 0. The first kappa shape index (κ1) is 18.0. The van der Waals surface area contributed by atoms with Gasteiger partial charge < -0.3 is 19.9 Å². The molecule has 2 aromatic rings. The Morgan fingerprint density at radius 3 is 2.58 bits per heavy atom. The molecule has 0 aliphatic carbocycles. The van der Waals surface area contributed by atoms with E-state index in [0.717, 1.165) is 49.1 Å². The molecule has 2 aromatic carbocycles. The Morgan fingerprint density at radius 2 is 1.88 bits per heavy atom. The van der Waals surface area contributed by atoms with E-state index in [9.17, 15) is 4.39 Å². The summed E-state index contributed by atoms with van der Waals surface area (Å²) in [7, 11) is 3.48. The Balaban J connectivity index is 1.57. The monoisotopic (exact) mass is 356 g/mol. The zero-order chi connectivity index (χ0) is 18.4. The lowest BCUT2D eigenvalue weighted by molar-refractivity contribution is 0.367. The molecule has 6 heteroatoms. The number of halogens is 1. The number of aliphatic imine (C=N–C) groups is 1. The lowest BCUT2D eigenvalue weighted by Gasteiger charge is -2.38. The Bertz CT molecular complexity index is 757. The first-order valence-electron chi connectivity index (χ1n) is 8.79. The lowest BCUT2D eigenvalue weighted by Crippen LogP contribution is -2.52. The third-order valence-corrected chi connectivity index (χ3v) is 4.56. The van der Waals surface area contributed by atoms with E-state index in [-0.39, 0.29) is 5.82 Å². The number of ether oxygens (including phenoxy) is 1. The molecule has 5 nitrogen and oxygen atoms in total. The summed E-state index contributed by atoms with van der Waals surface area (Å²) in [6.07, 6.45) is 0. The third kappa shape index (κ3) is 4.25. The van der Waals surface area contributed by atoms with Gasteiger partial charge in [-0.3, -0.25) is 4.99 Å². The number of para-hydroxylation sites is 2. The van der Waals surface area contributed by atoms with Crippen molar-refractivity contribution in [1.29, 1.82) is 0 Å². The summed E-state index contributed by atoms with van der Waals surface area (Å²) in [5, 5.41) is 3.33. The van der Waals surface area contributed by atoms with E-state index in [1.54, 1.807) is 26.3 Å². The largest absolute Gasteiger partial charge is 0.495 e. The predicted octanol–water partition coefficient (Wildman–Crippen LogP) is 2.73. The standard InChI is InChI=1S/C20H25FN4O/c1-22-20(23-15-16-6-5-7-17(21)14-16)25-12-10-24(11-13-25)18-8-3-4-9-19(18)26-2/h3-9,14H,10-13,15H2,1-2H3,(H,22,23). The summed E-state index contributed by atoms with van der Waals surface area (Å²) in [4.78, 5) is 8.93. The van der Waals surface area contributed by atoms with Crippen molar-refractivity contribution in [1.82, 2.24) is 10.2 Å². The Hall–Kier alpha value is -2.76. The van der Waals surface area contributed by atoms with Crippen LogP contribution in [-0.2, 0) is 6.54 Å². The SMILES string of the molecule is CN=C(NCc1cccc(F)c1)N1CCN(c2ccccc2OC)CC1. The van der Waals surface area contributed by atoms with Crippen LogP contribution in [0.15, 0.2) is 53.5 Å². The Kier molecular flexibility index (Phi) is 5.94. The maximum Gasteiger partial charge on any atom is 0.194 e. The molecule has 1 aliphatic heterocycles. The van der Waals surface area contributed by atoms with Gasteiger partial charge in [0.2, 0.25) is 0 Å². The van der Waals surface area contributed by atoms with Crippen molar-refractivity contribution < 1.29 is 9.13 Å². The molecule has 26 heavy (non-hydrogen) atoms. The van der Waals surface area contributed by atoms with E-state index in [1.807, 2.05) is 24.3 Å². The minimum Gasteiger partial charge on any atom is -0.495 e. The normalized spacial score (nSPS) is 15.1. The first-order chi connectivity index (χ1) is 12.7. The molecule has 1 fully saturated rings. The molecule has 0 aromatic heterocycles. The summed E-state index contributed by atoms with van der Waals surface area (Å²) in [6.45, 7) is 4.06. The number of benzene rings is 2. The maximum atomic E-state index is 13.3. The highest BCUT2D eigenvalue weighted by Crippen LogP contribution is 2.28. The second-order valence-corrected chi connectivity index (χ2v) is 6.18. The van der Waals surface area contributed by atoms with Gasteiger partial charge >= 0.3 is 0 Å². The van der Waals surface area contributed by atoms with Crippen molar-refractivity contribution in [3.63, 3.8) is 0 Å². The summed E-state index contributed by atoms with van der Waals surface area (Å²) in [6, 6.07) is 14.7. The number of nitrogens with one attached hydrogen (secondary N) is 1. The van der Waals surface area contributed by atoms with Crippen LogP contribution >= 0.6 is 0 Å².